The monoisotopic (exact) mass is 307 g/mol. The van der Waals surface area contributed by atoms with Crippen molar-refractivity contribution in [2.45, 2.75) is 57.2 Å². The Hall–Kier alpha value is -1.80. The zero-order chi connectivity index (χ0) is 15.7. The van der Waals surface area contributed by atoms with E-state index in [1.807, 2.05) is 0 Å². The van der Waals surface area contributed by atoms with Crippen molar-refractivity contribution in [3.05, 3.63) is 65.2 Å². The topological polar surface area (TPSA) is 21.3 Å². The highest BCUT2D eigenvalue weighted by atomic mass is 16.5. The van der Waals surface area contributed by atoms with Crippen LogP contribution in [0.4, 0.5) is 0 Å². The van der Waals surface area contributed by atoms with Crippen LogP contribution in [0, 0.1) is 6.92 Å². The molecule has 1 aliphatic carbocycles. The minimum atomic E-state index is 0.0687. The fourth-order valence-electron chi connectivity index (χ4n) is 4.07. The number of rotatable bonds is 3. The van der Waals surface area contributed by atoms with Crippen LogP contribution in [-0.2, 0) is 6.54 Å². The molecule has 2 heteroatoms. The molecule has 1 atom stereocenters. The number of hydrogen-bond donors (Lipinski definition) is 1. The molecular formula is C21H25NO. The Morgan fingerprint density at radius 3 is 2.57 bits per heavy atom. The second-order valence-corrected chi connectivity index (χ2v) is 7.15. The second-order valence-electron chi connectivity index (χ2n) is 7.15. The van der Waals surface area contributed by atoms with Gasteiger partial charge in [0.2, 0.25) is 0 Å². The van der Waals surface area contributed by atoms with Crippen molar-refractivity contribution < 1.29 is 4.74 Å². The van der Waals surface area contributed by atoms with Gasteiger partial charge in [0.15, 0.2) is 0 Å². The van der Waals surface area contributed by atoms with E-state index in [9.17, 15) is 0 Å². The van der Waals surface area contributed by atoms with E-state index < -0.39 is 0 Å². The largest absolute Gasteiger partial charge is 0.487 e. The molecule has 120 valence electrons. The lowest BCUT2D eigenvalue weighted by molar-refractivity contribution is 0.0364. The van der Waals surface area contributed by atoms with E-state index in [0.717, 1.165) is 18.7 Å². The van der Waals surface area contributed by atoms with Crippen LogP contribution in [0.25, 0.3) is 0 Å². The first-order valence-electron chi connectivity index (χ1n) is 8.81. The number of aryl methyl sites for hydroxylation is 1. The van der Waals surface area contributed by atoms with E-state index in [2.05, 4.69) is 60.8 Å². The molecule has 0 saturated heterocycles. The number of hydrogen-bond acceptors (Lipinski definition) is 2. The first-order chi connectivity index (χ1) is 11.2. The van der Waals surface area contributed by atoms with E-state index in [0.29, 0.717) is 6.04 Å². The summed E-state index contributed by atoms with van der Waals surface area (Å²) in [7, 11) is 0. The van der Waals surface area contributed by atoms with Gasteiger partial charge in [0.05, 0.1) is 0 Å². The fraction of sp³-hybridized carbons (Fsp3) is 0.429. The van der Waals surface area contributed by atoms with Crippen LogP contribution in [0.15, 0.2) is 48.5 Å². The van der Waals surface area contributed by atoms with Crippen molar-refractivity contribution in [3.63, 3.8) is 0 Å². The smallest absolute Gasteiger partial charge is 0.124 e. The molecule has 2 aromatic rings. The minimum Gasteiger partial charge on any atom is -0.487 e. The first kappa shape index (κ1) is 14.8. The molecule has 2 aliphatic rings. The van der Waals surface area contributed by atoms with E-state index >= 15 is 0 Å². The van der Waals surface area contributed by atoms with Gasteiger partial charge in [-0.15, -0.1) is 0 Å². The molecule has 4 rings (SSSR count). The molecule has 0 aromatic heterocycles. The van der Waals surface area contributed by atoms with Crippen LogP contribution < -0.4 is 10.1 Å². The average Bonchev–Trinajstić information content (AvgIpc) is 3.01. The Bertz CT molecular complexity index is 670. The molecule has 1 aliphatic heterocycles. The zero-order valence-corrected chi connectivity index (χ0v) is 13.8. The third kappa shape index (κ3) is 3.00. The van der Waals surface area contributed by atoms with Gasteiger partial charge in [0.25, 0.3) is 0 Å². The first-order valence-corrected chi connectivity index (χ1v) is 8.81. The Kier molecular flexibility index (Phi) is 3.86. The van der Waals surface area contributed by atoms with Gasteiger partial charge >= 0.3 is 0 Å². The minimum absolute atomic E-state index is 0.0687. The van der Waals surface area contributed by atoms with Crippen molar-refractivity contribution in [2.75, 3.05) is 0 Å². The Morgan fingerprint density at radius 1 is 1.04 bits per heavy atom. The summed E-state index contributed by atoms with van der Waals surface area (Å²) in [6, 6.07) is 17.8. The number of nitrogens with one attached hydrogen (secondary N) is 1. The molecule has 1 unspecified atom stereocenters. The van der Waals surface area contributed by atoms with Crippen LogP contribution in [0.2, 0.25) is 0 Å². The summed E-state index contributed by atoms with van der Waals surface area (Å²) in [5.74, 6) is 1.09. The van der Waals surface area contributed by atoms with Crippen molar-refractivity contribution in [2.24, 2.45) is 0 Å². The van der Waals surface area contributed by atoms with Crippen molar-refractivity contribution in [1.82, 2.24) is 5.32 Å². The summed E-state index contributed by atoms with van der Waals surface area (Å²) in [6.07, 6.45) is 6.09. The summed E-state index contributed by atoms with van der Waals surface area (Å²) in [6.45, 7) is 3.05. The second kappa shape index (κ2) is 6.01. The van der Waals surface area contributed by atoms with E-state index in [1.165, 1.54) is 42.4 Å². The van der Waals surface area contributed by atoms with Crippen molar-refractivity contribution in [1.29, 1.82) is 0 Å². The van der Waals surface area contributed by atoms with Gasteiger partial charge in [-0.2, -0.15) is 0 Å². The lowest BCUT2D eigenvalue weighted by Gasteiger charge is -2.40. The molecule has 0 radical (unpaired) electrons. The average molecular weight is 307 g/mol. The third-order valence-electron chi connectivity index (χ3n) is 5.38. The molecule has 1 heterocycles. The van der Waals surface area contributed by atoms with Gasteiger partial charge < -0.3 is 10.1 Å². The van der Waals surface area contributed by atoms with Crippen molar-refractivity contribution in [3.8, 4) is 5.75 Å². The van der Waals surface area contributed by atoms with Gasteiger partial charge in [0.1, 0.15) is 11.4 Å². The lowest BCUT2D eigenvalue weighted by atomic mass is 9.86. The molecule has 23 heavy (non-hydrogen) atoms. The van der Waals surface area contributed by atoms with Crippen molar-refractivity contribution >= 4 is 0 Å². The predicted molar refractivity (Wildman–Crippen MR) is 93.6 cm³/mol. The predicted octanol–water partition coefficient (Wildman–Crippen LogP) is 4.92. The van der Waals surface area contributed by atoms with Gasteiger partial charge in [-0.3, -0.25) is 0 Å². The zero-order valence-electron chi connectivity index (χ0n) is 13.8. The highest BCUT2D eigenvalue weighted by Crippen LogP contribution is 2.47. The molecule has 1 fully saturated rings. The molecule has 0 bridgehead atoms. The molecule has 1 saturated carbocycles. The Balaban J connectivity index is 1.55. The van der Waals surface area contributed by atoms with E-state index in [4.69, 9.17) is 4.74 Å². The van der Waals surface area contributed by atoms with Crippen LogP contribution in [0.3, 0.4) is 0 Å². The van der Waals surface area contributed by atoms with E-state index in [-0.39, 0.29) is 5.60 Å². The summed E-state index contributed by atoms with van der Waals surface area (Å²) in [5.41, 5.74) is 4.05. The molecule has 0 amide bonds. The lowest BCUT2D eigenvalue weighted by Crippen LogP contribution is -2.42. The maximum atomic E-state index is 6.44. The van der Waals surface area contributed by atoms with Gasteiger partial charge in [-0.05, 0) is 44.2 Å². The molecule has 1 N–H and O–H groups in total. The van der Waals surface area contributed by atoms with Gasteiger partial charge in [-0.1, -0.05) is 48.0 Å². The maximum absolute atomic E-state index is 6.44. The van der Waals surface area contributed by atoms with E-state index in [1.54, 1.807) is 0 Å². The molecule has 1 spiro atoms. The van der Waals surface area contributed by atoms with Gasteiger partial charge in [-0.25, -0.2) is 0 Å². The van der Waals surface area contributed by atoms with Gasteiger partial charge in [0, 0.05) is 24.6 Å². The number of ether oxygens (including phenoxy) is 1. The molecule has 2 aromatic carbocycles. The number of fused-ring (bicyclic) bond motifs is 1. The quantitative estimate of drug-likeness (QED) is 0.869. The Morgan fingerprint density at radius 2 is 1.78 bits per heavy atom. The third-order valence-corrected chi connectivity index (χ3v) is 5.38. The van der Waals surface area contributed by atoms with Crippen LogP contribution >= 0.6 is 0 Å². The van der Waals surface area contributed by atoms with Crippen LogP contribution in [0.5, 0.6) is 5.75 Å². The molecular weight excluding hydrogens is 282 g/mol. The summed E-state index contributed by atoms with van der Waals surface area (Å²) >= 11 is 0. The Labute approximate surface area is 138 Å². The number of benzene rings is 2. The summed E-state index contributed by atoms with van der Waals surface area (Å²) in [4.78, 5) is 0. The maximum Gasteiger partial charge on any atom is 0.124 e. The van der Waals surface area contributed by atoms with Crippen LogP contribution in [0.1, 0.15) is 54.8 Å². The highest BCUT2D eigenvalue weighted by Gasteiger charge is 2.42. The normalized spacial score (nSPS) is 21.9. The summed E-state index contributed by atoms with van der Waals surface area (Å²) in [5, 5.41) is 3.78. The SMILES string of the molecule is Cc1ccc(CNC2CC3(CCCC3)Oc3ccccc32)cc1. The molecule has 2 nitrogen and oxygen atoms in total. The fourth-order valence-corrected chi connectivity index (χ4v) is 4.07. The highest BCUT2D eigenvalue weighted by molar-refractivity contribution is 5.39. The van der Waals surface area contributed by atoms with Crippen LogP contribution in [-0.4, -0.2) is 5.60 Å². The summed E-state index contributed by atoms with van der Waals surface area (Å²) < 4.78 is 6.44. The standard InChI is InChI=1S/C21H25NO/c1-16-8-10-17(11-9-16)15-22-19-14-21(12-4-5-13-21)23-20-7-3-2-6-18(19)20/h2-3,6-11,19,22H,4-5,12-15H2,1H3. The number of para-hydroxylation sites is 1.